The zero-order valence-electron chi connectivity index (χ0n) is 22.8. The van der Waals surface area contributed by atoms with E-state index >= 15 is 0 Å². The summed E-state index contributed by atoms with van der Waals surface area (Å²) in [5.41, 5.74) is 4.20. The third-order valence-corrected chi connectivity index (χ3v) is 9.09. The topological polar surface area (TPSA) is 95.5 Å². The van der Waals surface area contributed by atoms with E-state index in [1.807, 2.05) is 0 Å². The van der Waals surface area contributed by atoms with Crippen LogP contribution in [0.2, 0.25) is 0 Å². The van der Waals surface area contributed by atoms with E-state index in [-0.39, 0.29) is 11.9 Å². The number of likely N-dealkylation sites (tertiary alicyclic amines) is 1. The SMILES string of the molecule is C=CC(=O)N[C@@H]1CCCN(Cc2cccc(SNc3ccc(-c4nc5c(N6CCOCC6)ncnc5s4)cc3)c2)C1. The molecule has 212 valence electrons. The molecular formula is C30H33N7O2S2. The minimum absolute atomic E-state index is 0.0957. The molecule has 4 heterocycles. The molecule has 2 fully saturated rings. The highest BCUT2D eigenvalue weighted by atomic mass is 32.2. The molecule has 1 amide bonds. The highest BCUT2D eigenvalue weighted by Crippen LogP contribution is 2.34. The normalized spacial score (nSPS) is 17.9. The molecule has 9 nitrogen and oxygen atoms in total. The maximum Gasteiger partial charge on any atom is 0.243 e. The predicted molar refractivity (Wildman–Crippen MR) is 166 cm³/mol. The molecule has 2 N–H and O–H groups in total. The Balaban J connectivity index is 1.07. The van der Waals surface area contributed by atoms with Crippen molar-refractivity contribution < 1.29 is 9.53 Å². The van der Waals surface area contributed by atoms with Crippen molar-refractivity contribution in [2.45, 2.75) is 30.3 Å². The van der Waals surface area contributed by atoms with Crippen LogP contribution in [0.15, 0.2) is 72.4 Å². The van der Waals surface area contributed by atoms with E-state index in [4.69, 9.17) is 9.72 Å². The summed E-state index contributed by atoms with van der Waals surface area (Å²) >= 11 is 3.19. The Kier molecular flexibility index (Phi) is 8.76. The van der Waals surface area contributed by atoms with Crippen molar-refractivity contribution in [2.75, 3.05) is 49.0 Å². The number of amides is 1. The number of carbonyl (C=O) groups excluding carboxylic acids is 1. The van der Waals surface area contributed by atoms with Crippen LogP contribution in [0.25, 0.3) is 20.9 Å². The molecule has 0 spiro atoms. The van der Waals surface area contributed by atoms with E-state index in [0.717, 1.165) is 82.9 Å². The number of hydrogen-bond donors (Lipinski definition) is 2. The fourth-order valence-electron chi connectivity index (χ4n) is 5.21. The Labute approximate surface area is 248 Å². The molecule has 0 radical (unpaired) electrons. The van der Waals surface area contributed by atoms with Crippen LogP contribution in [-0.4, -0.2) is 71.2 Å². The number of anilines is 2. The van der Waals surface area contributed by atoms with Gasteiger partial charge in [-0.2, -0.15) is 0 Å². The molecule has 4 aromatic rings. The maximum absolute atomic E-state index is 11.7. The van der Waals surface area contributed by atoms with Gasteiger partial charge in [-0.1, -0.05) is 30.0 Å². The number of aromatic nitrogens is 3. The van der Waals surface area contributed by atoms with Gasteiger partial charge < -0.3 is 19.7 Å². The third-order valence-electron chi connectivity index (χ3n) is 7.25. The molecule has 11 heteroatoms. The Bertz CT molecular complexity index is 1500. The number of rotatable bonds is 9. The Morgan fingerprint density at radius 1 is 1.15 bits per heavy atom. The smallest absolute Gasteiger partial charge is 0.243 e. The predicted octanol–water partition coefficient (Wildman–Crippen LogP) is 4.98. The van der Waals surface area contributed by atoms with Crippen molar-refractivity contribution in [2.24, 2.45) is 0 Å². The summed E-state index contributed by atoms with van der Waals surface area (Å²) in [6.07, 6.45) is 5.06. The molecule has 2 aliphatic rings. The summed E-state index contributed by atoms with van der Waals surface area (Å²) < 4.78 is 8.97. The molecule has 2 aliphatic heterocycles. The number of benzene rings is 2. The van der Waals surface area contributed by atoms with E-state index in [1.54, 1.807) is 29.6 Å². The van der Waals surface area contributed by atoms with Gasteiger partial charge in [-0.15, -0.1) is 0 Å². The van der Waals surface area contributed by atoms with E-state index in [2.05, 4.69) is 84.9 Å². The fourth-order valence-corrected chi connectivity index (χ4v) is 6.85. The maximum atomic E-state index is 11.7. The number of thiazole rings is 1. The highest BCUT2D eigenvalue weighted by Gasteiger charge is 2.21. The van der Waals surface area contributed by atoms with Crippen molar-refractivity contribution in [1.82, 2.24) is 25.2 Å². The largest absolute Gasteiger partial charge is 0.378 e. The molecule has 1 atom stereocenters. The van der Waals surface area contributed by atoms with Crippen LogP contribution in [0.4, 0.5) is 11.5 Å². The summed E-state index contributed by atoms with van der Waals surface area (Å²) in [6, 6.07) is 17.1. The first kappa shape index (κ1) is 27.6. The van der Waals surface area contributed by atoms with Gasteiger partial charge in [0.15, 0.2) is 5.82 Å². The van der Waals surface area contributed by atoms with Crippen molar-refractivity contribution in [3.63, 3.8) is 0 Å². The average Bonchev–Trinajstić information content (AvgIpc) is 3.46. The van der Waals surface area contributed by atoms with Crippen molar-refractivity contribution in [1.29, 1.82) is 0 Å². The quantitative estimate of drug-likeness (QED) is 0.208. The second-order valence-corrected chi connectivity index (χ2v) is 12.0. The number of nitrogens with one attached hydrogen (secondary N) is 2. The summed E-state index contributed by atoms with van der Waals surface area (Å²) in [6.45, 7) is 9.36. The monoisotopic (exact) mass is 587 g/mol. The van der Waals surface area contributed by atoms with Gasteiger partial charge in [-0.3, -0.25) is 9.69 Å². The Hall–Kier alpha value is -3.51. The molecule has 0 bridgehead atoms. The van der Waals surface area contributed by atoms with Crippen LogP contribution in [0, 0.1) is 0 Å². The molecule has 2 saturated heterocycles. The van der Waals surface area contributed by atoms with Crippen LogP contribution in [-0.2, 0) is 16.1 Å². The van der Waals surface area contributed by atoms with Gasteiger partial charge in [-0.25, -0.2) is 15.0 Å². The van der Waals surface area contributed by atoms with Crippen LogP contribution in [0.1, 0.15) is 18.4 Å². The number of carbonyl (C=O) groups is 1. The van der Waals surface area contributed by atoms with Gasteiger partial charge in [0.1, 0.15) is 21.7 Å². The number of hydrogen-bond acceptors (Lipinski definition) is 10. The van der Waals surface area contributed by atoms with Gasteiger partial charge in [0.25, 0.3) is 0 Å². The third kappa shape index (κ3) is 6.87. The lowest BCUT2D eigenvalue weighted by atomic mass is 10.0. The van der Waals surface area contributed by atoms with Gasteiger partial charge in [0.05, 0.1) is 13.2 Å². The van der Waals surface area contributed by atoms with Gasteiger partial charge in [0.2, 0.25) is 5.91 Å². The minimum Gasteiger partial charge on any atom is -0.378 e. The highest BCUT2D eigenvalue weighted by molar-refractivity contribution is 8.00. The number of fused-ring (bicyclic) bond motifs is 1. The molecular weight excluding hydrogens is 555 g/mol. The molecule has 0 aliphatic carbocycles. The van der Waals surface area contributed by atoms with E-state index < -0.39 is 0 Å². The summed E-state index contributed by atoms with van der Waals surface area (Å²) in [4.78, 5) is 32.3. The fraction of sp³-hybridized carbons (Fsp3) is 0.333. The number of piperidine rings is 1. The first-order valence-electron chi connectivity index (χ1n) is 13.9. The molecule has 2 aromatic carbocycles. The second-order valence-electron chi connectivity index (χ2n) is 10.2. The Morgan fingerprint density at radius 3 is 2.83 bits per heavy atom. The number of nitrogens with zero attached hydrogens (tertiary/aromatic N) is 5. The van der Waals surface area contributed by atoms with Crippen LogP contribution < -0.4 is 14.9 Å². The number of morpholine rings is 1. The first-order chi connectivity index (χ1) is 20.1. The summed E-state index contributed by atoms with van der Waals surface area (Å²) in [5.74, 6) is 0.791. The standard InChI is InChI=1S/C30H33N7O2S2/c1-2-26(38)33-24-6-4-12-36(19-24)18-21-5-3-7-25(17-21)41-35-23-10-8-22(9-11-23)29-34-27-28(31-20-32-30(27)40-29)37-13-15-39-16-14-37/h2-3,5,7-11,17,20,24,35H,1,4,6,12-16,18-19H2,(H,33,38)/t24-/m1/s1. The van der Waals surface area contributed by atoms with Gasteiger partial charge in [-0.05, 0) is 79.4 Å². The zero-order valence-corrected chi connectivity index (χ0v) is 24.4. The molecule has 41 heavy (non-hydrogen) atoms. The van der Waals surface area contributed by atoms with E-state index in [9.17, 15) is 4.79 Å². The van der Waals surface area contributed by atoms with Gasteiger partial charge in [0, 0.05) is 48.4 Å². The lowest BCUT2D eigenvalue weighted by molar-refractivity contribution is -0.117. The summed E-state index contributed by atoms with van der Waals surface area (Å²) in [7, 11) is 0. The zero-order chi connectivity index (χ0) is 28.0. The summed E-state index contributed by atoms with van der Waals surface area (Å²) in [5, 5.41) is 3.98. The average molecular weight is 588 g/mol. The Morgan fingerprint density at radius 2 is 2.00 bits per heavy atom. The van der Waals surface area contributed by atoms with E-state index in [1.165, 1.54) is 11.6 Å². The van der Waals surface area contributed by atoms with Gasteiger partial charge >= 0.3 is 0 Å². The molecule has 0 saturated carbocycles. The second kappa shape index (κ2) is 13.0. The van der Waals surface area contributed by atoms with Crippen LogP contribution in [0.3, 0.4) is 0 Å². The van der Waals surface area contributed by atoms with Crippen molar-refractivity contribution in [3.8, 4) is 10.6 Å². The lowest BCUT2D eigenvalue weighted by Gasteiger charge is -2.33. The van der Waals surface area contributed by atoms with Crippen molar-refractivity contribution in [3.05, 3.63) is 73.1 Å². The van der Waals surface area contributed by atoms with Crippen molar-refractivity contribution >= 4 is 51.0 Å². The molecule has 2 aromatic heterocycles. The van der Waals surface area contributed by atoms with Crippen LogP contribution >= 0.6 is 23.3 Å². The molecule has 0 unspecified atom stereocenters. The number of ether oxygens (including phenoxy) is 1. The minimum atomic E-state index is -0.0957. The lowest BCUT2D eigenvalue weighted by Crippen LogP contribution is -2.46. The van der Waals surface area contributed by atoms with Crippen LogP contribution in [0.5, 0.6) is 0 Å². The molecule has 6 rings (SSSR count). The first-order valence-corrected chi connectivity index (χ1v) is 15.5. The van der Waals surface area contributed by atoms with E-state index in [0.29, 0.717) is 13.2 Å².